The molecular weight excluding hydrogens is 339 g/mol. The van der Waals surface area contributed by atoms with Crippen LogP contribution in [0.25, 0.3) is 0 Å². The fraction of sp³-hybridized carbons (Fsp3) is 0.211. The van der Waals surface area contributed by atoms with E-state index in [4.69, 9.17) is 9.47 Å². The van der Waals surface area contributed by atoms with E-state index in [1.54, 1.807) is 43.3 Å². The molecule has 0 saturated carbocycles. The quantitative estimate of drug-likeness (QED) is 0.447. The molecule has 0 aliphatic heterocycles. The van der Waals surface area contributed by atoms with Gasteiger partial charge < -0.3 is 9.47 Å². The molecule has 0 spiro atoms. The largest absolute Gasteiger partial charge is 0.482 e. The Balaban J connectivity index is 1.78. The summed E-state index contributed by atoms with van der Waals surface area (Å²) in [5, 5.41) is 3.87. The van der Waals surface area contributed by atoms with Gasteiger partial charge in [0.05, 0.1) is 19.2 Å². The lowest BCUT2D eigenvalue weighted by molar-refractivity contribution is -0.145. The smallest absolute Gasteiger partial charge is 0.344 e. The molecule has 136 valence electrons. The summed E-state index contributed by atoms with van der Waals surface area (Å²) in [5.41, 5.74) is 3.85. The van der Waals surface area contributed by atoms with Gasteiger partial charge in [-0.25, -0.2) is 14.6 Å². The fourth-order valence-corrected chi connectivity index (χ4v) is 2.00. The molecule has 0 saturated heterocycles. The van der Waals surface area contributed by atoms with Crippen molar-refractivity contribution in [3.8, 4) is 5.75 Å². The third kappa shape index (κ3) is 6.72. The van der Waals surface area contributed by atoms with Crippen LogP contribution in [0.2, 0.25) is 0 Å². The summed E-state index contributed by atoms with van der Waals surface area (Å²) in [5.74, 6) is -0.554. The Morgan fingerprint density at radius 1 is 1.12 bits per heavy atom. The fourth-order valence-electron chi connectivity index (χ4n) is 2.00. The van der Waals surface area contributed by atoms with Gasteiger partial charge in [0.2, 0.25) is 5.91 Å². The maximum absolute atomic E-state index is 12.8. The number of hydrazone groups is 1. The minimum absolute atomic E-state index is 0.109. The molecule has 2 aromatic rings. The number of ether oxygens (including phenoxy) is 2. The van der Waals surface area contributed by atoms with E-state index in [1.807, 2.05) is 0 Å². The van der Waals surface area contributed by atoms with E-state index < -0.39 is 5.97 Å². The zero-order chi connectivity index (χ0) is 18.8. The number of hydrogen-bond donors (Lipinski definition) is 1. The van der Waals surface area contributed by atoms with E-state index in [2.05, 4.69) is 10.5 Å². The van der Waals surface area contributed by atoms with E-state index in [1.165, 1.54) is 18.3 Å². The second-order valence-corrected chi connectivity index (χ2v) is 5.26. The SMILES string of the molecule is CCOC(=O)COc1ccc(/C=N/NC(=O)Cc2ccc(F)cc2)cc1. The highest BCUT2D eigenvalue weighted by atomic mass is 19.1. The summed E-state index contributed by atoms with van der Waals surface area (Å²) in [7, 11) is 0. The van der Waals surface area contributed by atoms with Crippen molar-refractivity contribution in [3.05, 3.63) is 65.5 Å². The predicted molar refractivity (Wildman–Crippen MR) is 94.4 cm³/mol. The van der Waals surface area contributed by atoms with E-state index in [0.717, 1.165) is 5.56 Å². The summed E-state index contributed by atoms with van der Waals surface area (Å²) >= 11 is 0. The van der Waals surface area contributed by atoms with Crippen molar-refractivity contribution in [1.29, 1.82) is 0 Å². The van der Waals surface area contributed by atoms with Gasteiger partial charge in [0.1, 0.15) is 11.6 Å². The zero-order valence-electron chi connectivity index (χ0n) is 14.3. The van der Waals surface area contributed by atoms with Crippen LogP contribution in [0, 0.1) is 5.82 Å². The molecule has 1 amide bonds. The molecule has 2 aromatic carbocycles. The van der Waals surface area contributed by atoms with Gasteiger partial charge in [-0.3, -0.25) is 4.79 Å². The number of carbonyl (C=O) groups is 2. The molecule has 0 aliphatic carbocycles. The van der Waals surface area contributed by atoms with Crippen LogP contribution in [0.5, 0.6) is 5.75 Å². The molecule has 6 nitrogen and oxygen atoms in total. The average molecular weight is 358 g/mol. The van der Waals surface area contributed by atoms with Crippen LogP contribution in [0.3, 0.4) is 0 Å². The number of esters is 1. The summed E-state index contributed by atoms with van der Waals surface area (Å²) in [6.45, 7) is 1.88. The van der Waals surface area contributed by atoms with Crippen molar-refractivity contribution in [1.82, 2.24) is 5.43 Å². The Morgan fingerprint density at radius 3 is 2.46 bits per heavy atom. The van der Waals surface area contributed by atoms with Gasteiger partial charge in [-0.05, 0) is 54.4 Å². The van der Waals surface area contributed by atoms with Crippen LogP contribution in [0.4, 0.5) is 4.39 Å². The number of hydrogen-bond acceptors (Lipinski definition) is 5. The minimum atomic E-state index is -0.429. The van der Waals surface area contributed by atoms with Gasteiger partial charge in [0.15, 0.2) is 6.61 Å². The molecule has 0 heterocycles. The maximum atomic E-state index is 12.8. The second kappa shape index (κ2) is 9.93. The molecule has 0 fully saturated rings. The predicted octanol–water partition coefficient (Wildman–Crippen LogP) is 2.46. The molecule has 0 aromatic heterocycles. The first-order valence-corrected chi connectivity index (χ1v) is 8.01. The average Bonchev–Trinajstić information content (AvgIpc) is 2.63. The zero-order valence-corrected chi connectivity index (χ0v) is 14.3. The molecule has 7 heteroatoms. The molecule has 0 aliphatic rings. The number of amides is 1. The Hall–Kier alpha value is -3.22. The maximum Gasteiger partial charge on any atom is 0.344 e. The van der Waals surface area contributed by atoms with Gasteiger partial charge in [-0.2, -0.15) is 5.10 Å². The molecule has 0 radical (unpaired) electrons. The number of halogens is 1. The topological polar surface area (TPSA) is 77.0 Å². The van der Waals surface area contributed by atoms with Crippen molar-refractivity contribution < 1.29 is 23.5 Å². The summed E-state index contributed by atoms with van der Waals surface area (Å²) in [4.78, 5) is 23.0. The third-order valence-electron chi connectivity index (χ3n) is 3.22. The Bertz CT molecular complexity index is 758. The van der Waals surface area contributed by atoms with Crippen LogP contribution in [-0.2, 0) is 20.7 Å². The molecule has 26 heavy (non-hydrogen) atoms. The molecule has 0 unspecified atom stereocenters. The Morgan fingerprint density at radius 2 is 1.81 bits per heavy atom. The van der Waals surface area contributed by atoms with Gasteiger partial charge >= 0.3 is 5.97 Å². The molecule has 0 bridgehead atoms. The molecule has 0 atom stereocenters. The standard InChI is InChI=1S/C19H19FN2O4/c1-2-25-19(24)13-26-17-9-5-15(6-10-17)12-21-22-18(23)11-14-3-7-16(20)8-4-14/h3-10,12H,2,11,13H2,1H3,(H,22,23)/b21-12+. The first-order chi connectivity index (χ1) is 12.6. The van der Waals surface area contributed by atoms with Crippen LogP contribution in [0.15, 0.2) is 53.6 Å². The van der Waals surface area contributed by atoms with Gasteiger partial charge in [0.25, 0.3) is 0 Å². The number of carbonyl (C=O) groups excluding carboxylic acids is 2. The van der Waals surface area contributed by atoms with E-state index >= 15 is 0 Å². The first kappa shape index (κ1) is 19.1. The van der Waals surface area contributed by atoms with E-state index in [-0.39, 0.29) is 24.8 Å². The van der Waals surface area contributed by atoms with Crippen molar-refractivity contribution in [2.45, 2.75) is 13.3 Å². The highest BCUT2D eigenvalue weighted by Crippen LogP contribution is 2.11. The monoisotopic (exact) mass is 358 g/mol. The van der Waals surface area contributed by atoms with Gasteiger partial charge in [-0.1, -0.05) is 12.1 Å². The van der Waals surface area contributed by atoms with Crippen molar-refractivity contribution >= 4 is 18.1 Å². The lowest BCUT2D eigenvalue weighted by Gasteiger charge is -2.05. The van der Waals surface area contributed by atoms with E-state index in [0.29, 0.717) is 17.9 Å². The van der Waals surface area contributed by atoms with Crippen molar-refractivity contribution in [3.63, 3.8) is 0 Å². The number of nitrogens with one attached hydrogen (secondary N) is 1. The molecule has 1 N–H and O–H groups in total. The highest BCUT2D eigenvalue weighted by Gasteiger charge is 2.03. The van der Waals surface area contributed by atoms with Crippen LogP contribution in [-0.4, -0.2) is 31.3 Å². The summed E-state index contributed by atoms with van der Waals surface area (Å²) in [6, 6.07) is 12.5. The minimum Gasteiger partial charge on any atom is -0.482 e. The van der Waals surface area contributed by atoms with Gasteiger partial charge in [-0.15, -0.1) is 0 Å². The van der Waals surface area contributed by atoms with Crippen LogP contribution >= 0.6 is 0 Å². The lowest BCUT2D eigenvalue weighted by atomic mass is 10.1. The third-order valence-corrected chi connectivity index (χ3v) is 3.22. The molecular formula is C19H19FN2O4. The second-order valence-electron chi connectivity index (χ2n) is 5.26. The number of rotatable bonds is 8. The normalized spacial score (nSPS) is 10.5. The number of nitrogens with zero attached hydrogens (tertiary/aromatic N) is 1. The molecule has 2 rings (SSSR count). The van der Waals surface area contributed by atoms with Gasteiger partial charge in [0, 0.05) is 0 Å². The summed E-state index contributed by atoms with van der Waals surface area (Å²) in [6.07, 6.45) is 1.59. The van der Waals surface area contributed by atoms with Crippen molar-refractivity contribution in [2.24, 2.45) is 5.10 Å². The van der Waals surface area contributed by atoms with Crippen molar-refractivity contribution in [2.75, 3.05) is 13.2 Å². The van der Waals surface area contributed by atoms with Crippen LogP contribution < -0.4 is 10.2 Å². The summed E-state index contributed by atoms with van der Waals surface area (Å²) < 4.78 is 22.9. The van der Waals surface area contributed by atoms with Crippen LogP contribution in [0.1, 0.15) is 18.1 Å². The highest BCUT2D eigenvalue weighted by molar-refractivity contribution is 5.83. The Labute approximate surface area is 150 Å². The first-order valence-electron chi connectivity index (χ1n) is 8.01. The Kier molecular flexibility index (Phi) is 7.30. The number of benzene rings is 2. The lowest BCUT2D eigenvalue weighted by Crippen LogP contribution is -2.19. The van der Waals surface area contributed by atoms with E-state index in [9.17, 15) is 14.0 Å².